The minimum absolute atomic E-state index is 0.0340. The summed E-state index contributed by atoms with van der Waals surface area (Å²) in [4.78, 5) is 25.7. The molecule has 5 heteroatoms. The molecule has 1 aliphatic carbocycles. The van der Waals surface area contributed by atoms with Crippen molar-refractivity contribution in [1.29, 1.82) is 0 Å². The minimum atomic E-state index is -0.562. The number of likely N-dealkylation sites (tertiary alicyclic amines) is 1. The summed E-state index contributed by atoms with van der Waals surface area (Å²) >= 11 is 0. The topological polar surface area (TPSA) is 55.8 Å². The van der Waals surface area contributed by atoms with Gasteiger partial charge >= 0.3 is 12.1 Å². The minimum Gasteiger partial charge on any atom is -0.467 e. The fourth-order valence-corrected chi connectivity index (χ4v) is 3.01. The maximum atomic E-state index is 12.3. The zero-order valence-electron chi connectivity index (χ0n) is 11.8. The summed E-state index contributed by atoms with van der Waals surface area (Å²) in [6.07, 6.45) is 4.23. The van der Waals surface area contributed by atoms with Crippen LogP contribution in [0.25, 0.3) is 0 Å². The molecule has 0 aromatic heterocycles. The van der Waals surface area contributed by atoms with Gasteiger partial charge in [0, 0.05) is 5.92 Å². The molecule has 110 valence electrons. The van der Waals surface area contributed by atoms with Crippen molar-refractivity contribution in [3.05, 3.63) is 48.0 Å². The highest BCUT2D eigenvalue weighted by Gasteiger charge is 2.50. The molecule has 2 bridgehead atoms. The lowest BCUT2D eigenvalue weighted by Gasteiger charge is -2.29. The third-order valence-electron chi connectivity index (χ3n) is 4.02. The first-order chi connectivity index (χ1) is 10.2. The van der Waals surface area contributed by atoms with Crippen LogP contribution in [0, 0.1) is 5.92 Å². The van der Waals surface area contributed by atoms with Crippen LogP contribution in [0.1, 0.15) is 12.0 Å². The number of nitrogens with zero attached hydrogens (tertiary/aromatic N) is 1. The number of ether oxygens (including phenoxy) is 2. The molecule has 0 saturated carbocycles. The van der Waals surface area contributed by atoms with Crippen molar-refractivity contribution in [3.63, 3.8) is 0 Å². The van der Waals surface area contributed by atoms with Crippen LogP contribution in [-0.4, -0.2) is 36.2 Å². The number of fused-ring (bicyclic) bond motifs is 2. The highest BCUT2D eigenvalue weighted by molar-refractivity contribution is 5.84. The molecule has 21 heavy (non-hydrogen) atoms. The predicted octanol–water partition coefficient (Wildman–Crippen LogP) is 2.13. The highest BCUT2D eigenvalue weighted by Crippen LogP contribution is 2.38. The molecule has 1 heterocycles. The van der Waals surface area contributed by atoms with Gasteiger partial charge in [-0.25, -0.2) is 9.59 Å². The van der Waals surface area contributed by atoms with E-state index in [9.17, 15) is 9.59 Å². The smallest absolute Gasteiger partial charge is 0.411 e. The molecular formula is C16H17NO4. The van der Waals surface area contributed by atoms with Crippen molar-refractivity contribution in [1.82, 2.24) is 4.90 Å². The second-order valence-electron chi connectivity index (χ2n) is 5.27. The number of amides is 1. The van der Waals surface area contributed by atoms with Gasteiger partial charge in [0.25, 0.3) is 0 Å². The number of esters is 1. The summed E-state index contributed by atoms with van der Waals surface area (Å²) in [7, 11) is 1.34. The van der Waals surface area contributed by atoms with Gasteiger partial charge in [-0.2, -0.15) is 0 Å². The molecule has 0 radical (unpaired) electrons. The molecule has 0 N–H and O–H groups in total. The van der Waals surface area contributed by atoms with E-state index in [2.05, 4.69) is 0 Å². The number of rotatable bonds is 3. The highest BCUT2D eigenvalue weighted by atomic mass is 16.6. The maximum absolute atomic E-state index is 12.3. The van der Waals surface area contributed by atoms with E-state index < -0.39 is 12.1 Å². The zero-order chi connectivity index (χ0) is 14.8. The van der Waals surface area contributed by atoms with E-state index in [-0.39, 0.29) is 24.5 Å². The number of carbonyl (C=O) groups is 2. The Morgan fingerprint density at radius 3 is 2.71 bits per heavy atom. The van der Waals surface area contributed by atoms with Crippen molar-refractivity contribution >= 4 is 12.1 Å². The Labute approximate surface area is 123 Å². The quantitative estimate of drug-likeness (QED) is 0.631. The van der Waals surface area contributed by atoms with E-state index in [1.54, 1.807) is 0 Å². The van der Waals surface area contributed by atoms with Crippen molar-refractivity contribution in [2.75, 3.05) is 7.11 Å². The van der Waals surface area contributed by atoms with Gasteiger partial charge in [-0.1, -0.05) is 42.5 Å². The van der Waals surface area contributed by atoms with E-state index in [1.807, 2.05) is 42.5 Å². The SMILES string of the molecule is COC(=O)[C@H]1[C@@H]2C=C[C@@H](C2)N1C(=O)OCc1ccccc1. The summed E-state index contributed by atoms with van der Waals surface area (Å²) in [6.45, 7) is 0.200. The van der Waals surface area contributed by atoms with Crippen LogP contribution in [0.3, 0.4) is 0 Å². The number of hydrogen-bond acceptors (Lipinski definition) is 4. The fraction of sp³-hybridized carbons (Fsp3) is 0.375. The Hall–Kier alpha value is -2.30. The van der Waals surface area contributed by atoms with Gasteiger partial charge < -0.3 is 9.47 Å². The lowest BCUT2D eigenvalue weighted by Crippen LogP contribution is -2.48. The number of benzene rings is 1. The molecule has 5 nitrogen and oxygen atoms in total. The molecule has 2 aliphatic rings. The molecule has 0 spiro atoms. The third kappa shape index (κ3) is 2.51. The summed E-state index contributed by atoms with van der Waals surface area (Å²) in [6, 6.07) is 8.84. The summed E-state index contributed by atoms with van der Waals surface area (Å²) in [5, 5.41) is 0. The molecule has 1 saturated heterocycles. The van der Waals surface area contributed by atoms with Gasteiger partial charge in [0.1, 0.15) is 12.6 Å². The third-order valence-corrected chi connectivity index (χ3v) is 4.02. The van der Waals surface area contributed by atoms with Crippen LogP contribution < -0.4 is 0 Å². The zero-order valence-corrected chi connectivity index (χ0v) is 11.8. The molecule has 3 rings (SSSR count). The second kappa shape index (κ2) is 5.60. The lowest BCUT2D eigenvalue weighted by molar-refractivity contribution is -0.146. The van der Waals surface area contributed by atoms with Crippen LogP contribution in [0.4, 0.5) is 4.79 Å². The number of carbonyl (C=O) groups excluding carboxylic acids is 2. The predicted molar refractivity (Wildman–Crippen MR) is 75.3 cm³/mol. The average molecular weight is 287 g/mol. The van der Waals surface area contributed by atoms with Crippen molar-refractivity contribution in [2.24, 2.45) is 5.92 Å². The van der Waals surface area contributed by atoms with Gasteiger partial charge in [0.2, 0.25) is 0 Å². The van der Waals surface area contributed by atoms with Gasteiger partial charge in [-0.3, -0.25) is 4.90 Å². The van der Waals surface area contributed by atoms with E-state index in [0.29, 0.717) is 0 Å². The first-order valence-electron chi connectivity index (χ1n) is 6.96. The Kier molecular flexibility index (Phi) is 3.64. The average Bonchev–Trinajstić information content (AvgIpc) is 3.13. The van der Waals surface area contributed by atoms with E-state index in [0.717, 1.165) is 12.0 Å². The monoisotopic (exact) mass is 287 g/mol. The van der Waals surface area contributed by atoms with Gasteiger partial charge in [-0.15, -0.1) is 0 Å². The summed E-state index contributed by atoms with van der Waals surface area (Å²) in [5.41, 5.74) is 0.917. The van der Waals surface area contributed by atoms with E-state index >= 15 is 0 Å². The van der Waals surface area contributed by atoms with Crippen LogP contribution >= 0.6 is 0 Å². The van der Waals surface area contributed by atoms with Crippen LogP contribution in [0.5, 0.6) is 0 Å². The molecule has 1 fully saturated rings. The molecule has 1 aromatic carbocycles. The molecule has 1 amide bonds. The van der Waals surface area contributed by atoms with Crippen molar-refractivity contribution < 1.29 is 19.1 Å². The molecule has 1 aromatic rings. The second-order valence-corrected chi connectivity index (χ2v) is 5.27. The summed E-state index contributed by atoms with van der Waals surface area (Å²) in [5.74, 6) is -0.352. The Balaban J connectivity index is 1.68. The van der Waals surface area contributed by atoms with Crippen LogP contribution in [0.2, 0.25) is 0 Å². The summed E-state index contributed by atoms with van der Waals surface area (Å²) < 4.78 is 10.1. The van der Waals surface area contributed by atoms with Gasteiger partial charge in [-0.05, 0) is 12.0 Å². The van der Waals surface area contributed by atoms with Gasteiger partial charge in [0.15, 0.2) is 0 Å². The Morgan fingerprint density at radius 1 is 1.24 bits per heavy atom. The van der Waals surface area contributed by atoms with Gasteiger partial charge in [0.05, 0.1) is 13.2 Å². The largest absolute Gasteiger partial charge is 0.467 e. The van der Waals surface area contributed by atoms with Crippen molar-refractivity contribution in [2.45, 2.75) is 25.1 Å². The number of methoxy groups -OCH3 is 1. The van der Waals surface area contributed by atoms with E-state index in [4.69, 9.17) is 9.47 Å². The van der Waals surface area contributed by atoms with Crippen LogP contribution in [-0.2, 0) is 20.9 Å². The van der Waals surface area contributed by atoms with Crippen molar-refractivity contribution in [3.8, 4) is 0 Å². The number of hydrogen-bond donors (Lipinski definition) is 0. The molecule has 3 atom stereocenters. The molecular weight excluding hydrogens is 270 g/mol. The lowest BCUT2D eigenvalue weighted by atomic mass is 10.0. The standard InChI is InChI=1S/C16H17NO4/c1-20-15(18)14-12-7-8-13(9-12)17(14)16(19)21-10-11-5-3-2-4-6-11/h2-8,12-14H,9-10H2,1H3/t12-,13+,14-/m1/s1. The van der Waals surface area contributed by atoms with E-state index in [1.165, 1.54) is 12.0 Å². The Bertz CT molecular complexity index is 569. The first kappa shape index (κ1) is 13.7. The molecule has 1 aliphatic heterocycles. The van der Waals surface area contributed by atoms with Crippen LogP contribution in [0.15, 0.2) is 42.5 Å². The molecule has 0 unspecified atom stereocenters. The normalized spacial score (nSPS) is 26.0. The Morgan fingerprint density at radius 2 is 2.00 bits per heavy atom. The fourth-order valence-electron chi connectivity index (χ4n) is 3.01. The first-order valence-corrected chi connectivity index (χ1v) is 6.96. The maximum Gasteiger partial charge on any atom is 0.411 e.